The minimum absolute atomic E-state index is 0.327. The molecule has 2 fully saturated rings. The predicted molar refractivity (Wildman–Crippen MR) is 55.6 cm³/mol. The van der Waals surface area contributed by atoms with E-state index >= 15 is 0 Å². The zero-order valence-corrected chi connectivity index (χ0v) is 8.97. The Morgan fingerprint density at radius 3 is 1.77 bits per heavy atom. The highest BCUT2D eigenvalue weighted by Gasteiger charge is 2.49. The quantitative estimate of drug-likeness (QED) is 0.703. The molecule has 2 nitrogen and oxygen atoms in total. The van der Waals surface area contributed by atoms with Crippen molar-refractivity contribution in [3.63, 3.8) is 0 Å². The second-order valence-corrected chi connectivity index (χ2v) is 5.32. The standard InChI is InChI=1S/C11H22N2/c1-13(2)11(9-12)7-5-10(3-4-10)6-8-11/h3-9,12H2,1-2H3. The summed E-state index contributed by atoms with van der Waals surface area (Å²) in [7, 11) is 4.36. The van der Waals surface area contributed by atoms with Gasteiger partial charge < -0.3 is 10.6 Å². The van der Waals surface area contributed by atoms with E-state index in [9.17, 15) is 0 Å². The van der Waals surface area contributed by atoms with Gasteiger partial charge in [0.05, 0.1) is 0 Å². The Balaban J connectivity index is 2.00. The second-order valence-electron chi connectivity index (χ2n) is 5.32. The maximum Gasteiger partial charge on any atom is 0.0326 e. The average Bonchev–Trinajstić information content (AvgIpc) is 2.87. The molecule has 13 heavy (non-hydrogen) atoms. The van der Waals surface area contributed by atoms with Crippen molar-refractivity contribution in [1.29, 1.82) is 0 Å². The summed E-state index contributed by atoms with van der Waals surface area (Å²) in [5.74, 6) is 0. The van der Waals surface area contributed by atoms with Crippen LogP contribution in [0.3, 0.4) is 0 Å². The Kier molecular flexibility index (Phi) is 2.16. The molecule has 2 saturated carbocycles. The van der Waals surface area contributed by atoms with Gasteiger partial charge in [-0.1, -0.05) is 0 Å². The SMILES string of the molecule is CN(C)C1(CN)CCC2(CC2)CC1. The zero-order chi connectivity index (χ0) is 9.53. The third kappa shape index (κ3) is 1.50. The summed E-state index contributed by atoms with van der Waals surface area (Å²) >= 11 is 0. The fourth-order valence-corrected chi connectivity index (χ4v) is 2.76. The Hall–Kier alpha value is -0.0800. The molecule has 0 unspecified atom stereocenters. The molecule has 0 radical (unpaired) electrons. The molecular formula is C11H22N2. The fraction of sp³-hybridized carbons (Fsp3) is 1.00. The lowest BCUT2D eigenvalue weighted by Crippen LogP contribution is -2.52. The van der Waals surface area contributed by atoms with Crippen molar-refractivity contribution in [2.45, 2.75) is 44.1 Å². The van der Waals surface area contributed by atoms with Gasteiger partial charge in [0.2, 0.25) is 0 Å². The van der Waals surface area contributed by atoms with Crippen LogP contribution in [0.4, 0.5) is 0 Å². The van der Waals surface area contributed by atoms with E-state index in [1.54, 1.807) is 0 Å². The Morgan fingerprint density at radius 2 is 1.46 bits per heavy atom. The number of rotatable bonds is 2. The molecule has 0 aromatic heterocycles. The lowest BCUT2D eigenvalue weighted by atomic mass is 9.74. The van der Waals surface area contributed by atoms with Crippen LogP contribution in [-0.2, 0) is 0 Å². The van der Waals surface area contributed by atoms with Gasteiger partial charge in [-0.3, -0.25) is 0 Å². The van der Waals surface area contributed by atoms with Crippen LogP contribution < -0.4 is 5.73 Å². The van der Waals surface area contributed by atoms with Crippen molar-refractivity contribution in [3.8, 4) is 0 Å². The van der Waals surface area contributed by atoms with Gasteiger partial charge in [-0.25, -0.2) is 0 Å². The second kappa shape index (κ2) is 2.96. The number of nitrogens with two attached hydrogens (primary N) is 1. The number of hydrogen-bond acceptors (Lipinski definition) is 2. The largest absolute Gasteiger partial charge is 0.329 e. The normalized spacial score (nSPS) is 29.5. The molecule has 2 heteroatoms. The van der Waals surface area contributed by atoms with Crippen molar-refractivity contribution in [2.75, 3.05) is 20.6 Å². The highest BCUT2D eigenvalue weighted by molar-refractivity contribution is 5.04. The molecular weight excluding hydrogens is 160 g/mol. The molecule has 0 heterocycles. The molecule has 0 saturated heterocycles. The van der Waals surface area contributed by atoms with Crippen LogP contribution in [0.1, 0.15) is 38.5 Å². The first-order valence-corrected chi connectivity index (χ1v) is 5.50. The molecule has 0 bridgehead atoms. The highest BCUT2D eigenvalue weighted by atomic mass is 15.2. The predicted octanol–water partition coefficient (Wildman–Crippen LogP) is 1.60. The van der Waals surface area contributed by atoms with E-state index in [2.05, 4.69) is 19.0 Å². The monoisotopic (exact) mass is 182 g/mol. The smallest absolute Gasteiger partial charge is 0.0326 e. The minimum atomic E-state index is 0.327. The van der Waals surface area contributed by atoms with Gasteiger partial charge in [-0.2, -0.15) is 0 Å². The van der Waals surface area contributed by atoms with E-state index in [0.717, 1.165) is 12.0 Å². The summed E-state index contributed by atoms with van der Waals surface area (Å²) in [6.07, 6.45) is 8.44. The van der Waals surface area contributed by atoms with Crippen LogP contribution in [0.2, 0.25) is 0 Å². The zero-order valence-electron chi connectivity index (χ0n) is 8.97. The van der Waals surface area contributed by atoms with Crippen LogP contribution >= 0.6 is 0 Å². The molecule has 2 rings (SSSR count). The molecule has 0 aromatic rings. The average molecular weight is 182 g/mol. The third-order valence-electron chi connectivity index (χ3n) is 4.53. The van der Waals surface area contributed by atoms with Crippen molar-refractivity contribution < 1.29 is 0 Å². The first-order chi connectivity index (χ1) is 6.13. The minimum Gasteiger partial charge on any atom is -0.329 e. The summed E-state index contributed by atoms with van der Waals surface area (Å²) in [6, 6.07) is 0. The van der Waals surface area contributed by atoms with E-state index in [-0.39, 0.29) is 0 Å². The van der Waals surface area contributed by atoms with Crippen LogP contribution in [0.25, 0.3) is 0 Å². The summed E-state index contributed by atoms with van der Waals surface area (Å²) in [5.41, 5.74) is 7.02. The Bertz CT molecular complexity index is 184. The first kappa shape index (κ1) is 9.47. The highest BCUT2D eigenvalue weighted by Crippen LogP contribution is 2.58. The Labute approximate surface area is 81.5 Å². The molecule has 2 aliphatic carbocycles. The summed E-state index contributed by atoms with van der Waals surface area (Å²) in [5, 5.41) is 0. The van der Waals surface area contributed by atoms with Gasteiger partial charge in [0.1, 0.15) is 0 Å². The summed E-state index contributed by atoms with van der Waals surface area (Å²) < 4.78 is 0. The molecule has 0 amide bonds. The first-order valence-electron chi connectivity index (χ1n) is 5.50. The van der Waals surface area contributed by atoms with E-state index in [4.69, 9.17) is 5.73 Å². The van der Waals surface area contributed by atoms with Crippen molar-refractivity contribution in [3.05, 3.63) is 0 Å². The third-order valence-corrected chi connectivity index (χ3v) is 4.53. The molecule has 2 N–H and O–H groups in total. The van der Waals surface area contributed by atoms with Crippen LogP contribution in [0, 0.1) is 5.41 Å². The van der Waals surface area contributed by atoms with Gasteiger partial charge in [0, 0.05) is 12.1 Å². The Morgan fingerprint density at radius 1 is 1.00 bits per heavy atom. The molecule has 0 atom stereocenters. The van der Waals surface area contributed by atoms with Crippen molar-refractivity contribution in [1.82, 2.24) is 4.90 Å². The van der Waals surface area contributed by atoms with Crippen LogP contribution in [-0.4, -0.2) is 31.1 Å². The number of likely N-dealkylation sites (N-methyl/N-ethyl adjacent to an activating group) is 1. The molecule has 76 valence electrons. The topological polar surface area (TPSA) is 29.3 Å². The number of hydrogen-bond donors (Lipinski definition) is 1. The summed E-state index contributed by atoms with van der Waals surface area (Å²) in [4.78, 5) is 2.35. The van der Waals surface area contributed by atoms with Crippen LogP contribution in [0.5, 0.6) is 0 Å². The fourth-order valence-electron chi connectivity index (χ4n) is 2.76. The van der Waals surface area contributed by atoms with Gasteiger partial charge in [0.25, 0.3) is 0 Å². The lowest BCUT2D eigenvalue weighted by molar-refractivity contribution is 0.0807. The van der Waals surface area contributed by atoms with E-state index < -0.39 is 0 Å². The van der Waals surface area contributed by atoms with Crippen molar-refractivity contribution >= 4 is 0 Å². The van der Waals surface area contributed by atoms with Gasteiger partial charge in [-0.15, -0.1) is 0 Å². The van der Waals surface area contributed by atoms with E-state index in [1.807, 2.05) is 0 Å². The van der Waals surface area contributed by atoms with Crippen molar-refractivity contribution in [2.24, 2.45) is 11.1 Å². The van der Waals surface area contributed by atoms with Gasteiger partial charge in [-0.05, 0) is 58.0 Å². The molecule has 0 aromatic carbocycles. The van der Waals surface area contributed by atoms with Crippen LogP contribution in [0.15, 0.2) is 0 Å². The van der Waals surface area contributed by atoms with Gasteiger partial charge in [0.15, 0.2) is 0 Å². The molecule has 1 spiro atoms. The number of nitrogens with zero attached hydrogens (tertiary/aromatic N) is 1. The molecule has 0 aliphatic heterocycles. The molecule has 2 aliphatic rings. The van der Waals surface area contributed by atoms with E-state index in [0.29, 0.717) is 5.54 Å². The maximum atomic E-state index is 5.91. The lowest BCUT2D eigenvalue weighted by Gasteiger charge is -2.44. The van der Waals surface area contributed by atoms with Gasteiger partial charge >= 0.3 is 0 Å². The van der Waals surface area contributed by atoms with E-state index in [1.165, 1.54) is 38.5 Å². The maximum absolute atomic E-state index is 5.91. The summed E-state index contributed by atoms with van der Waals surface area (Å²) in [6.45, 7) is 0.829.